The predicted molar refractivity (Wildman–Crippen MR) is 56.4 cm³/mol. The summed E-state index contributed by atoms with van der Waals surface area (Å²) >= 11 is 0. The fourth-order valence-corrected chi connectivity index (χ4v) is 2.51. The van der Waals surface area contributed by atoms with Gasteiger partial charge >= 0.3 is 5.97 Å². The minimum Gasteiger partial charge on any atom is -0.480 e. The van der Waals surface area contributed by atoms with Gasteiger partial charge in [-0.15, -0.1) is 0 Å². The Morgan fingerprint density at radius 1 is 1.36 bits per heavy atom. The monoisotopic (exact) mass is 199 g/mol. The van der Waals surface area contributed by atoms with Gasteiger partial charge in [0.05, 0.1) is 0 Å². The molecule has 0 bridgehead atoms. The third kappa shape index (κ3) is 1.92. The molecule has 1 atom stereocenters. The fraction of sp³-hybridized carbons (Fsp3) is 0.909. The maximum Gasteiger partial charge on any atom is 0.324 e. The molecule has 0 saturated carbocycles. The maximum atomic E-state index is 11.4. The molecule has 1 aliphatic rings. The van der Waals surface area contributed by atoms with E-state index in [9.17, 15) is 9.90 Å². The first-order valence-electron chi connectivity index (χ1n) is 5.66. The quantitative estimate of drug-likeness (QED) is 0.737. The number of carboxylic acid groups (broad SMARTS) is 1. The summed E-state index contributed by atoms with van der Waals surface area (Å²) in [6.45, 7) is 5.96. The Bertz CT molecular complexity index is 199. The Kier molecular flexibility index (Phi) is 3.93. The number of rotatable bonds is 5. The highest BCUT2D eigenvalue weighted by Crippen LogP contribution is 2.29. The summed E-state index contributed by atoms with van der Waals surface area (Å²) in [7, 11) is 0. The molecule has 3 nitrogen and oxygen atoms in total. The predicted octanol–water partition coefficient (Wildman–Crippen LogP) is 2.12. The highest BCUT2D eigenvalue weighted by molar-refractivity contribution is 5.78. The van der Waals surface area contributed by atoms with Crippen molar-refractivity contribution in [3.8, 4) is 0 Å². The van der Waals surface area contributed by atoms with Crippen LogP contribution in [0.1, 0.15) is 46.0 Å². The van der Waals surface area contributed by atoms with Crippen LogP contribution in [-0.4, -0.2) is 34.6 Å². The van der Waals surface area contributed by atoms with E-state index in [1.807, 2.05) is 6.92 Å². The van der Waals surface area contributed by atoms with E-state index >= 15 is 0 Å². The molecule has 1 heterocycles. The van der Waals surface area contributed by atoms with Crippen LogP contribution in [0.5, 0.6) is 0 Å². The second-order valence-corrected chi connectivity index (χ2v) is 4.13. The van der Waals surface area contributed by atoms with Gasteiger partial charge in [0.2, 0.25) is 0 Å². The Labute approximate surface area is 86.1 Å². The lowest BCUT2D eigenvalue weighted by molar-refractivity contribution is -0.152. The summed E-state index contributed by atoms with van der Waals surface area (Å²) in [5.74, 6) is -0.635. The van der Waals surface area contributed by atoms with Crippen LogP contribution in [-0.2, 0) is 4.79 Å². The summed E-state index contributed by atoms with van der Waals surface area (Å²) in [4.78, 5) is 13.6. The van der Waals surface area contributed by atoms with Gasteiger partial charge in [-0.05, 0) is 38.8 Å². The van der Waals surface area contributed by atoms with E-state index in [1.165, 1.54) is 0 Å². The topological polar surface area (TPSA) is 40.5 Å². The molecule has 0 aromatic carbocycles. The molecule has 0 aromatic rings. The molecule has 0 amide bonds. The van der Waals surface area contributed by atoms with Crippen molar-refractivity contribution in [2.24, 2.45) is 0 Å². The smallest absolute Gasteiger partial charge is 0.324 e. The van der Waals surface area contributed by atoms with Crippen molar-refractivity contribution in [2.45, 2.75) is 51.5 Å². The summed E-state index contributed by atoms with van der Waals surface area (Å²) in [6.07, 6.45) is 4.74. The van der Waals surface area contributed by atoms with Gasteiger partial charge in [-0.3, -0.25) is 9.69 Å². The van der Waals surface area contributed by atoms with Gasteiger partial charge in [-0.25, -0.2) is 0 Å². The number of carbonyl (C=O) groups is 1. The first-order valence-corrected chi connectivity index (χ1v) is 5.66. The van der Waals surface area contributed by atoms with Crippen LogP contribution in [0.3, 0.4) is 0 Å². The molecule has 0 spiro atoms. The summed E-state index contributed by atoms with van der Waals surface area (Å²) in [5.41, 5.74) is -0.578. The standard InChI is InChI=1S/C11H21NO2/c1-3-7-11(4-2,10(13)14)12-8-5-6-9-12/h3-9H2,1-2H3,(H,13,14). The van der Waals surface area contributed by atoms with Crippen molar-refractivity contribution in [3.05, 3.63) is 0 Å². The highest BCUT2D eigenvalue weighted by atomic mass is 16.4. The van der Waals surface area contributed by atoms with Crippen molar-refractivity contribution in [2.75, 3.05) is 13.1 Å². The SMILES string of the molecule is CCCC(CC)(C(=O)O)N1CCCC1. The fourth-order valence-electron chi connectivity index (χ4n) is 2.51. The van der Waals surface area contributed by atoms with Crippen LogP contribution < -0.4 is 0 Å². The number of hydrogen-bond acceptors (Lipinski definition) is 2. The molecular weight excluding hydrogens is 178 g/mol. The normalized spacial score (nSPS) is 22.1. The molecule has 82 valence electrons. The first kappa shape index (κ1) is 11.5. The average molecular weight is 199 g/mol. The highest BCUT2D eigenvalue weighted by Gasteiger charge is 2.42. The van der Waals surface area contributed by atoms with Gasteiger partial charge in [0, 0.05) is 0 Å². The molecule has 3 heteroatoms. The van der Waals surface area contributed by atoms with Gasteiger partial charge in [-0.1, -0.05) is 20.3 Å². The van der Waals surface area contributed by atoms with E-state index in [0.29, 0.717) is 0 Å². The van der Waals surface area contributed by atoms with Crippen LogP contribution in [0, 0.1) is 0 Å². The van der Waals surface area contributed by atoms with Gasteiger partial charge < -0.3 is 5.11 Å². The average Bonchev–Trinajstić information content (AvgIpc) is 2.66. The van der Waals surface area contributed by atoms with Gasteiger partial charge in [0.25, 0.3) is 0 Å². The van der Waals surface area contributed by atoms with Crippen molar-refractivity contribution in [3.63, 3.8) is 0 Å². The summed E-state index contributed by atoms with van der Waals surface area (Å²) < 4.78 is 0. The third-order valence-corrected chi connectivity index (χ3v) is 3.36. The van der Waals surface area contributed by atoms with Crippen molar-refractivity contribution >= 4 is 5.97 Å². The largest absolute Gasteiger partial charge is 0.480 e. The zero-order valence-electron chi connectivity index (χ0n) is 9.25. The van der Waals surface area contributed by atoms with E-state index in [1.54, 1.807) is 0 Å². The number of aliphatic carboxylic acids is 1. The van der Waals surface area contributed by atoms with E-state index in [0.717, 1.165) is 45.2 Å². The molecule has 14 heavy (non-hydrogen) atoms. The molecule has 0 aliphatic carbocycles. The Hall–Kier alpha value is -0.570. The van der Waals surface area contributed by atoms with Gasteiger partial charge in [-0.2, -0.15) is 0 Å². The number of hydrogen-bond donors (Lipinski definition) is 1. The molecule has 1 N–H and O–H groups in total. The Balaban J connectivity index is 2.81. The van der Waals surface area contributed by atoms with E-state index in [4.69, 9.17) is 0 Å². The minimum atomic E-state index is -0.635. The Morgan fingerprint density at radius 3 is 2.29 bits per heavy atom. The van der Waals surface area contributed by atoms with Crippen molar-refractivity contribution < 1.29 is 9.90 Å². The lowest BCUT2D eigenvalue weighted by Gasteiger charge is -2.37. The number of nitrogens with zero attached hydrogens (tertiary/aromatic N) is 1. The van der Waals surface area contributed by atoms with Gasteiger partial charge in [0.1, 0.15) is 5.54 Å². The van der Waals surface area contributed by atoms with Crippen LogP contribution in [0.15, 0.2) is 0 Å². The number of carboxylic acids is 1. The molecular formula is C11H21NO2. The van der Waals surface area contributed by atoms with E-state index in [2.05, 4.69) is 11.8 Å². The molecule has 1 fully saturated rings. The second-order valence-electron chi connectivity index (χ2n) is 4.13. The lowest BCUT2D eigenvalue weighted by Crippen LogP contribution is -2.53. The van der Waals surface area contributed by atoms with E-state index < -0.39 is 11.5 Å². The van der Waals surface area contributed by atoms with Crippen LogP contribution in [0.25, 0.3) is 0 Å². The van der Waals surface area contributed by atoms with Crippen LogP contribution in [0.2, 0.25) is 0 Å². The zero-order valence-corrected chi connectivity index (χ0v) is 9.25. The molecule has 1 aliphatic heterocycles. The molecule has 1 unspecified atom stereocenters. The summed E-state index contributed by atoms with van der Waals surface area (Å²) in [6, 6.07) is 0. The maximum absolute atomic E-state index is 11.4. The molecule has 0 aromatic heterocycles. The lowest BCUT2D eigenvalue weighted by atomic mass is 9.89. The second kappa shape index (κ2) is 4.78. The Morgan fingerprint density at radius 2 is 1.93 bits per heavy atom. The number of likely N-dealkylation sites (tertiary alicyclic amines) is 1. The van der Waals surface area contributed by atoms with Crippen molar-refractivity contribution in [1.82, 2.24) is 4.90 Å². The van der Waals surface area contributed by atoms with Crippen molar-refractivity contribution in [1.29, 1.82) is 0 Å². The minimum absolute atomic E-state index is 0.578. The molecule has 1 saturated heterocycles. The zero-order chi connectivity index (χ0) is 10.6. The summed E-state index contributed by atoms with van der Waals surface area (Å²) in [5, 5.41) is 9.37. The molecule has 1 rings (SSSR count). The molecule has 0 radical (unpaired) electrons. The van der Waals surface area contributed by atoms with E-state index in [-0.39, 0.29) is 0 Å². The first-order chi connectivity index (χ1) is 6.67. The van der Waals surface area contributed by atoms with Crippen LogP contribution in [0.4, 0.5) is 0 Å². The van der Waals surface area contributed by atoms with Gasteiger partial charge in [0.15, 0.2) is 0 Å². The van der Waals surface area contributed by atoms with Crippen LogP contribution >= 0.6 is 0 Å². The third-order valence-electron chi connectivity index (χ3n) is 3.36.